The van der Waals surface area contributed by atoms with Crippen LogP contribution in [0.1, 0.15) is 33.6 Å². The molecule has 0 aromatic rings. The zero-order valence-corrected chi connectivity index (χ0v) is 9.89. The van der Waals surface area contributed by atoms with Gasteiger partial charge in [0.15, 0.2) is 0 Å². The van der Waals surface area contributed by atoms with Crippen LogP contribution in [0.15, 0.2) is 0 Å². The summed E-state index contributed by atoms with van der Waals surface area (Å²) in [5.41, 5.74) is -1.10. The van der Waals surface area contributed by atoms with E-state index in [0.717, 1.165) is 25.9 Å². The van der Waals surface area contributed by atoms with Crippen molar-refractivity contribution in [1.29, 1.82) is 0 Å². The molecule has 1 amide bonds. The Morgan fingerprint density at radius 3 is 2.47 bits per heavy atom. The molecule has 88 valence electrons. The molecule has 0 atom stereocenters. The van der Waals surface area contributed by atoms with Crippen molar-refractivity contribution in [3.63, 3.8) is 0 Å². The van der Waals surface area contributed by atoms with E-state index in [1.165, 1.54) is 0 Å². The fraction of sp³-hybridized carbons (Fsp3) is 0.909. The first kappa shape index (κ1) is 12.5. The third-order valence-electron chi connectivity index (χ3n) is 2.94. The van der Waals surface area contributed by atoms with Crippen LogP contribution in [0.2, 0.25) is 0 Å². The maximum atomic E-state index is 11.9. The normalized spacial score (nSPS) is 21.1. The molecule has 1 aliphatic rings. The first-order valence-electron chi connectivity index (χ1n) is 5.55. The van der Waals surface area contributed by atoms with Crippen LogP contribution in [0.3, 0.4) is 0 Å². The van der Waals surface area contributed by atoms with E-state index < -0.39 is 5.60 Å². The SMILES string of the molecule is CC(C)(O)CNC(=O)C1(C)CCNCC1. The van der Waals surface area contributed by atoms with Crippen LogP contribution >= 0.6 is 0 Å². The number of hydrogen-bond donors (Lipinski definition) is 3. The van der Waals surface area contributed by atoms with E-state index in [9.17, 15) is 9.90 Å². The summed E-state index contributed by atoms with van der Waals surface area (Å²) in [6.45, 7) is 7.48. The Kier molecular flexibility index (Phi) is 3.73. The van der Waals surface area contributed by atoms with Crippen molar-refractivity contribution >= 4 is 5.91 Å². The second-order valence-electron chi connectivity index (χ2n) is 5.31. The summed E-state index contributed by atoms with van der Waals surface area (Å²) in [7, 11) is 0. The maximum Gasteiger partial charge on any atom is 0.226 e. The van der Waals surface area contributed by atoms with Crippen LogP contribution in [0.4, 0.5) is 0 Å². The fourth-order valence-electron chi connectivity index (χ4n) is 1.72. The summed E-state index contributed by atoms with van der Waals surface area (Å²) < 4.78 is 0. The van der Waals surface area contributed by atoms with Crippen LogP contribution in [0.5, 0.6) is 0 Å². The molecule has 15 heavy (non-hydrogen) atoms. The third kappa shape index (κ3) is 3.80. The molecule has 1 fully saturated rings. The van der Waals surface area contributed by atoms with Crippen LogP contribution in [-0.4, -0.2) is 36.2 Å². The van der Waals surface area contributed by atoms with Crippen LogP contribution in [0, 0.1) is 5.41 Å². The van der Waals surface area contributed by atoms with Gasteiger partial charge in [0.1, 0.15) is 0 Å². The van der Waals surface area contributed by atoms with Gasteiger partial charge in [-0.3, -0.25) is 4.79 Å². The maximum absolute atomic E-state index is 11.9. The minimum Gasteiger partial charge on any atom is -0.389 e. The quantitative estimate of drug-likeness (QED) is 0.631. The summed E-state index contributed by atoms with van der Waals surface area (Å²) in [6.07, 6.45) is 1.73. The molecule has 0 bridgehead atoms. The standard InChI is InChI=1S/C11H22N2O2/c1-10(2,15)8-13-9(14)11(3)4-6-12-7-5-11/h12,15H,4-8H2,1-3H3,(H,13,14). The van der Waals surface area contributed by atoms with Crippen molar-refractivity contribution in [2.45, 2.75) is 39.2 Å². The van der Waals surface area contributed by atoms with Gasteiger partial charge in [-0.1, -0.05) is 6.92 Å². The van der Waals surface area contributed by atoms with Crippen molar-refractivity contribution < 1.29 is 9.90 Å². The number of rotatable bonds is 3. The Morgan fingerprint density at radius 2 is 2.00 bits per heavy atom. The number of piperidine rings is 1. The van der Waals surface area contributed by atoms with E-state index >= 15 is 0 Å². The monoisotopic (exact) mass is 214 g/mol. The van der Waals surface area contributed by atoms with E-state index in [1.54, 1.807) is 13.8 Å². The number of aliphatic hydroxyl groups is 1. The molecule has 1 aliphatic heterocycles. The Morgan fingerprint density at radius 1 is 1.47 bits per heavy atom. The number of hydrogen-bond acceptors (Lipinski definition) is 3. The number of amides is 1. The summed E-state index contributed by atoms with van der Waals surface area (Å²) >= 11 is 0. The fourth-order valence-corrected chi connectivity index (χ4v) is 1.72. The molecule has 1 rings (SSSR count). The molecule has 0 spiro atoms. The third-order valence-corrected chi connectivity index (χ3v) is 2.94. The molecule has 1 saturated heterocycles. The summed E-state index contributed by atoms with van der Waals surface area (Å²) in [6, 6.07) is 0. The molecule has 0 aromatic heterocycles. The van der Waals surface area contributed by atoms with Gasteiger partial charge in [0, 0.05) is 12.0 Å². The van der Waals surface area contributed by atoms with E-state index in [4.69, 9.17) is 0 Å². The van der Waals surface area contributed by atoms with Crippen LogP contribution in [-0.2, 0) is 4.79 Å². The largest absolute Gasteiger partial charge is 0.389 e. The average molecular weight is 214 g/mol. The van der Waals surface area contributed by atoms with Crippen molar-refractivity contribution in [3.05, 3.63) is 0 Å². The van der Waals surface area contributed by atoms with Crippen molar-refractivity contribution in [1.82, 2.24) is 10.6 Å². The molecule has 1 heterocycles. The summed E-state index contributed by atoms with van der Waals surface area (Å²) in [5, 5.41) is 15.6. The molecule has 0 aromatic carbocycles. The molecule has 4 nitrogen and oxygen atoms in total. The lowest BCUT2D eigenvalue weighted by Gasteiger charge is -2.33. The molecule has 4 heteroatoms. The number of nitrogens with one attached hydrogen (secondary N) is 2. The van der Waals surface area contributed by atoms with Gasteiger partial charge in [-0.25, -0.2) is 0 Å². The van der Waals surface area contributed by atoms with E-state index in [2.05, 4.69) is 10.6 Å². The second kappa shape index (κ2) is 4.49. The van der Waals surface area contributed by atoms with Crippen molar-refractivity contribution in [2.24, 2.45) is 5.41 Å². The lowest BCUT2D eigenvalue weighted by Crippen LogP contribution is -2.49. The van der Waals surface area contributed by atoms with Gasteiger partial charge in [-0.15, -0.1) is 0 Å². The van der Waals surface area contributed by atoms with Gasteiger partial charge in [-0.2, -0.15) is 0 Å². The molecule has 0 radical (unpaired) electrons. The molecular weight excluding hydrogens is 192 g/mol. The smallest absolute Gasteiger partial charge is 0.226 e. The van der Waals surface area contributed by atoms with Gasteiger partial charge in [-0.05, 0) is 39.8 Å². The molecule has 0 saturated carbocycles. The topological polar surface area (TPSA) is 61.4 Å². The second-order valence-corrected chi connectivity index (χ2v) is 5.31. The van der Waals surface area contributed by atoms with E-state index in [1.807, 2.05) is 6.92 Å². The zero-order valence-electron chi connectivity index (χ0n) is 9.89. The highest BCUT2D eigenvalue weighted by molar-refractivity contribution is 5.82. The molecular formula is C11H22N2O2. The van der Waals surface area contributed by atoms with Crippen LogP contribution in [0.25, 0.3) is 0 Å². The Labute approximate surface area is 91.4 Å². The van der Waals surface area contributed by atoms with Gasteiger partial charge in [0.05, 0.1) is 5.60 Å². The minimum absolute atomic E-state index is 0.0612. The minimum atomic E-state index is -0.834. The lowest BCUT2D eigenvalue weighted by atomic mass is 9.80. The lowest BCUT2D eigenvalue weighted by molar-refractivity contribution is -0.132. The average Bonchev–Trinajstić information content (AvgIpc) is 2.14. The highest BCUT2D eigenvalue weighted by atomic mass is 16.3. The van der Waals surface area contributed by atoms with Gasteiger partial charge < -0.3 is 15.7 Å². The molecule has 0 aliphatic carbocycles. The van der Waals surface area contributed by atoms with E-state index in [0.29, 0.717) is 6.54 Å². The Balaban J connectivity index is 2.45. The molecule has 3 N–H and O–H groups in total. The predicted molar refractivity (Wildman–Crippen MR) is 59.5 cm³/mol. The van der Waals surface area contributed by atoms with Gasteiger partial charge in [0.25, 0.3) is 0 Å². The Hall–Kier alpha value is -0.610. The first-order valence-corrected chi connectivity index (χ1v) is 5.55. The van der Waals surface area contributed by atoms with Crippen LogP contribution < -0.4 is 10.6 Å². The zero-order chi connectivity index (χ0) is 11.5. The Bertz CT molecular complexity index is 227. The number of carbonyl (C=O) groups is 1. The van der Waals surface area contributed by atoms with Gasteiger partial charge >= 0.3 is 0 Å². The predicted octanol–water partition coefficient (Wildman–Crippen LogP) is 0.263. The highest BCUT2D eigenvalue weighted by Crippen LogP contribution is 2.27. The summed E-state index contributed by atoms with van der Waals surface area (Å²) in [4.78, 5) is 11.9. The molecule has 0 unspecified atom stereocenters. The van der Waals surface area contributed by atoms with Crippen molar-refractivity contribution in [2.75, 3.05) is 19.6 Å². The highest BCUT2D eigenvalue weighted by Gasteiger charge is 2.34. The van der Waals surface area contributed by atoms with Gasteiger partial charge in [0.2, 0.25) is 5.91 Å². The van der Waals surface area contributed by atoms with E-state index in [-0.39, 0.29) is 11.3 Å². The first-order chi connectivity index (χ1) is 6.83. The van der Waals surface area contributed by atoms with Crippen molar-refractivity contribution in [3.8, 4) is 0 Å². The summed E-state index contributed by atoms with van der Waals surface area (Å²) in [5.74, 6) is 0.0612. The number of carbonyl (C=O) groups excluding carboxylic acids is 1.